The van der Waals surface area contributed by atoms with Gasteiger partial charge in [-0.15, -0.1) is 0 Å². The lowest BCUT2D eigenvalue weighted by atomic mass is 10.1. The fraction of sp³-hybridized carbons (Fsp3) is 0.167. The van der Waals surface area contributed by atoms with Gasteiger partial charge in [0.1, 0.15) is 0 Å². The van der Waals surface area contributed by atoms with Gasteiger partial charge in [0.15, 0.2) is 0 Å². The minimum atomic E-state index is -0.551. The molecular formula is C36H30N4O10. The van der Waals surface area contributed by atoms with Crippen molar-refractivity contribution in [3.8, 4) is 45.7 Å². The summed E-state index contributed by atoms with van der Waals surface area (Å²) < 4.78 is 31.3. The molecule has 3 aromatic carbocycles. The van der Waals surface area contributed by atoms with Crippen LogP contribution in [-0.2, 0) is 28.5 Å². The van der Waals surface area contributed by atoms with Crippen LogP contribution in [0.2, 0.25) is 0 Å². The van der Waals surface area contributed by atoms with Crippen LogP contribution in [0.4, 0.5) is 0 Å². The van der Waals surface area contributed by atoms with Crippen LogP contribution in [0.15, 0.2) is 107 Å². The van der Waals surface area contributed by atoms with Crippen LogP contribution < -0.4 is 0 Å². The van der Waals surface area contributed by atoms with Gasteiger partial charge in [-0.25, -0.2) is 19.2 Å². The molecule has 254 valence electrons. The molecule has 50 heavy (non-hydrogen) atoms. The summed E-state index contributed by atoms with van der Waals surface area (Å²) in [6.07, 6.45) is 2.80. The van der Waals surface area contributed by atoms with Gasteiger partial charge in [0, 0.05) is 47.2 Å². The Bertz CT molecular complexity index is 1880. The lowest BCUT2D eigenvalue weighted by Crippen LogP contribution is -2.10. The molecule has 0 fully saturated rings. The first-order valence-corrected chi connectivity index (χ1v) is 15.3. The third-order valence-electron chi connectivity index (χ3n) is 6.79. The number of nitrogens with zero attached hydrogens (tertiary/aromatic N) is 4. The molecular weight excluding hydrogens is 648 g/mol. The van der Waals surface area contributed by atoms with Crippen LogP contribution in [0.5, 0.6) is 0 Å². The first-order chi connectivity index (χ1) is 24.3. The van der Waals surface area contributed by atoms with E-state index in [0.29, 0.717) is 35.1 Å². The second-order valence-corrected chi connectivity index (χ2v) is 10.3. The standard InChI is InChI=1S/C36H30N4O10/c1-3-29(41)45-16-8-18-47-35(43)27-14-5-10-23(20-27)31-37-33(49-39-31)25-12-7-13-26(22-25)34-38-32(40-50-34)24-11-6-15-28(21-24)36(44)48-19-9-17-46-30(42)4-2/h3-7,10-15,20-22H,1-2,8-9,16-19H2. The molecule has 0 spiro atoms. The summed E-state index contributed by atoms with van der Waals surface area (Å²) in [6.45, 7) is 6.98. The first kappa shape index (κ1) is 34.6. The van der Waals surface area contributed by atoms with E-state index in [4.69, 9.17) is 28.0 Å². The maximum Gasteiger partial charge on any atom is 0.338 e. The van der Waals surface area contributed by atoms with E-state index in [-0.39, 0.29) is 61.0 Å². The number of hydrogen-bond acceptors (Lipinski definition) is 14. The van der Waals surface area contributed by atoms with Gasteiger partial charge < -0.3 is 28.0 Å². The number of carbonyl (C=O) groups is 4. The van der Waals surface area contributed by atoms with E-state index < -0.39 is 23.9 Å². The molecule has 0 atom stereocenters. The maximum absolute atomic E-state index is 12.5. The van der Waals surface area contributed by atoms with Gasteiger partial charge >= 0.3 is 23.9 Å². The van der Waals surface area contributed by atoms with Crippen molar-refractivity contribution < 1.29 is 47.2 Å². The van der Waals surface area contributed by atoms with Crippen LogP contribution in [0.1, 0.15) is 33.6 Å². The molecule has 0 saturated heterocycles. The molecule has 0 bridgehead atoms. The fourth-order valence-electron chi connectivity index (χ4n) is 4.35. The molecule has 5 rings (SSSR count). The molecule has 0 N–H and O–H groups in total. The van der Waals surface area contributed by atoms with Gasteiger partial charge in [-0.3, -0.25) is 0 Å². The summed E-state index contributed by atoms with van der Waals surface area (Å²) in [5.74, 6) is -1.24. The highest BCUT2D eigenvalue weighted by Gasteiger charge is 2.17. The van der Waals surface area contributed by atoms with Crippen LogP contribution in [-0.4, -0.2) is 70.6 Å². The summed E-state index contributed by atoms with van der Waals surface area (Å²) in [5, 5.41) is 8.15. The molecule has 14 heteroatoms. The normalized spacial score (nSPS) is 10.6. The topological polar surface area (TPSA) is 183 Å². The minimum absolute atomic E-state index is 0.0674. The van der Waals surface area contributed by atoms with E-state index in [9.17, 15) is 19.2 Å². The number of benzene rings is 3. The number of hydrogen-bond donors (Lipinski definition) is 0. The zero-order valence-corrected chi connectivity index (χ0v) is 26.6. The number of esters is 4. The molecule has 0 radical (unpaired) electrons. The third kappa shape index (κ3) is 9.22. The van der Waals surface area contributed by atoms with E-state index in [1.807, 2.05) is 0 Å². The van der Waals surface area contributed by atoms with E-state index >= 15 is 0 Å². The van der Waals surface area contributed by atoms with Crippen molar-refractivity contribution in [1.29, 1.82) is 0 Å². The molecule has 0 unspecified atom stereocenters. The number of aromatic nitrogens is 4. The van der Waals surface area contributed by atoms with Crippen molar-refractivity contribution in [1.82, 2.24) is 20.3 Å². The van der Waals surface area contributed by atoms with Gasteiger partial charge in [-0.05, 0) is 42.5 Å². The van der Waals surface area contributed by atoms with Crippen LogP contribution in [0, 0.1) is 0 Å². The highest BCUT2D eigenvalue weighted by atomic mass is 16.6. The Morgan fingerprint density at radius 2 is 0.960 bits per heavy atom. The Labute approximate surface area is 285 Å². The van der Waals surface area contributed by atoms with Crippen molar-refractivity contribution in [3.63, 3.8) is 0 Å². The highest BCUT2D eigenvalue weighted by molar-refractivity contribution is 5.91. The van der Waals surface area contributed by atoms with E-state index in [1.54, 1.807) is 72.8 Å². The fourth-order valence-corrected chi connectivity index (χ4v) is 4.35. The molecule has 14 nitrogen and oxygen atoms in total. The molecule has 0 aliphatic heterocycles. The Balaban J connectivity index is 1.21. The summed E-state index contributed by atoms with van der Waals surface area (Å²) in [5.41, 5.74) is 2.81. The molecule has 2 heterocycles. The summed E-state index contributed by atoms with van der Waals surface area (Å²) in [7, 11) is 0. The average Bonchev–Trinajstić information content (AvgIpc) is 3.86. The quantitative estimate of drug-likeness (QED) is 0.0538. The van der Waals surface area contributed by atoms with Crippen molar-refractivity contribution in [2.75, 3.05) is 26.4 Å². The highest BCUT2D eigenvalue weighted by Crippen LogP contribution is 2.28. The van der Waals surface area contributed by atoms with Crippen LogP contribution in [0.25, 0.3) is 45.7 Å². The van der Waals surface area contributed by atoms with Crippen LogP contribution >= 0.6 is 0 Å². The second kappa shape index (κ2) is 16.9. The summed E-state index contributed by atoms with van der Waals surface area (Å²) >= 11 is 0. The first-order valence-electron chi connectivity index (χ1n) is 15.3. The lowest BCUT2D eigenvalue weighted by molar-refractivity contribution is -0.138. The molecule has 2 aromatic heterocycles. The maximum atomic E-state index is 12.5. The minimum Gasteiger partial charge on any atom is -0.462 e. The third-order valence-corrected chi connectivity index (χ3v) is 6.79. The summed E-state index contributed by atoms with van der Waals surface area (Å²) in [4.78, 5) is 56.3. The van der Waals surface area contributed by atoms with Crippen molar-refractivity contribution in [2.24, 2.45) is 0 Å². The zero-order chi connectivity index (χ0) is 35.3. The molecule has 5 aromatic rings. The lowest BCUT2D eigenvalue weighted by Gasteiger charge is -2.06. The number of carbonyl (C=O) groups excluding carboxylic acids is 4. The Kier molecular flexibility index (Phi) is 11.7. The SMILES string of the molecule is C=CC(=O)OCCCOC(=O)c1cccc(-c2noc(-c3cccc(-c4nc(-c5cccc(C(=O)OCCCOC(=O)C=C)c5)no4)c3)n2)c1. The number of ether oxygens (including phenoxy) is 4. The van der Waals surface area contributed by atoms with E-state index in [2.05, 4.69) is 33.4 Å². The van der Waals surface area contributed by atoms with Crippen molar-refractivity contribution >= 4 is 23.9 Å². The number of rotatable bonds is 16. The predicted molar refractivity (Wildman–Crippen MR) is 176 cm³/mol. The average molecular weight is 679 g/mol. The van der Waals surface area contributed by atoms with E-state index in [1.165, 1.54) is 0 Å². The van der Waals surface area contributed by atoms with Gasteiger partial charge in [0.05, 0.1) is 37.6 Å². The van der Waals surface area contributed by atoms with Gasteiger partial charge in [0.2, 0.25) is 11.6 Å². The second-order valence-electron chi connectivity index (χ2n) is 10.3. The van der Waals surface area contributed by atoms with Gasteiger partial charge in [-0.1, -0.05) is 53.8 Å². The zero-order valence-electron chi connectivity index (χ0n) is 26.6. The summed E-state index contributed by atoms with van der Waals surface area (Å²) in [6, 6.07) is 20.2. The van der Waals surface area contributed by atoms with Crippen LogP contribution in [0.3, 0.4) is 0 Å². The molecule has 0 saturated carbocycles. The van der Waals surface area contributed by atoms with Crippen molar-refractivity contribution in [2.45, 2.75) is 12.8 Å². The molecule has 0 aliphatic carbocycles. The van der Waals surface area contributed by atoms with Gasteiger partial charge in [-0.2, -0.15) is 9.97 Å². The Morgan fingerprint density at radius 3 is 1.40 bits per heavy atom. The van der Waals surface area contributed by atoms with E-state index in [0.717, 1.165) is 12.2 Å². The monoisotopic (exact) mass is 678 g/mol. The predicted octanol–water partition coefficient (Wildman–Crippen LogP) is 5.67. The smallest absolute Gasteiger partial charge is 0.338 e. The Hall–Kier alpha value is -6.70. The molecule has 0 amide bonds. The largest absolute Gasteiger partial charge is 0.462 e. The van der Waals surface area contributed by atoms with Crippen molar-refractivity contribution in [3.05, 3.63) is 109 Å². The molecule has 0 aliphatic rings. The Morgan fingerprint density at radius 1 is 0.560 bits per heavy atom. The van der Waals surface area contributed by atoms with Gasteiger partial charge in [0.25, 0.3) is 11.8 Å².